The Hall–Kier alpha value is -2.67. The Balaban J connectivity index is 1.37. The summed E-state index contributed by atoms with van der Waals surface area (Å²) in [6.07, 6.45) is 4.86. The minimum Gasteiger partial charge on any atom is -0.391 e. The van der Waals surface area contributed by atoms with Gasteiger partial charge in [0.15, 0.2) is 0 Å². The second kappa shape index (κ2) is 7.92. The average Bonchev–Trinajstić information content (AvgIpc) is 3.13. The molecule has 2 aromatic rings. The van der Waals surface area contributed by atoms with Gasteiger partial charge in [-0.05, 0) is 43.0 Å². The molecule has 1 unspecified atom stereocenters. The summed E-state index contributed by atoms with van der Waals surface area (Å²) < 4.78 is 0. The molecule has 2 aliphatic rings. The molecule has 0 spiro atoms. The van der Waals surface area contributed by atoms with E-state index in [-0.39, 0.29) is 12.0 Å². The summed E-state index contributed by atoms with van der Waals surface area (Å²) in [5.74, 6) is 1.62. The molecule has 1 aromatic heterocycles. The first-order valence-corrected chi connectivity index (χ1v) is 9.58. The highest BCUT2D eigenvalue weighted by Crippen LogP contribution is 2.22. The fraction of sp³-hybridized carbons (Fsp3) is 0.450. The summed E-state index contributed by atoms with van der Waals surface area (Å²) in [5.41, 5.74) is 2.07. The van der Waals surface area contributed by atoms with Crippen LogP contribution < -0.4 is 15.1 Å². The van der Waals surface area contributed by atoms with Gasteiger partial charge in [-0.15, -0.1) is 0 Å². The number of hydrogen-bond acceptors (Lipinski definition) is 6. The standard InChI is InChI=1S/C20H25N5O2/c26-17-3-1-11-24(14-17)18-9-10-21-20(23-18)22-13-15-5-7-16(8-6-15)25-12-2-4-19(25)27/h5-10,17,26H,1-4,11-14H2,(H,21,22,23). The molecule has 7 heteroatoms. The molecule has 0 saturated carbocycles. The number of aliphatic hydroxyl groups excluding tert-OH is 1. The second-order valence-corrected chi connectivity index (χ2v) is 7.15. The lowest BCUT2D eigenvalue weighted by Crippen LogP contribution is -2.38. The number of hydrogen-bond donors (Lipinski definition) is 2. The summed E-state index contributed by atoms with van der Waals surface area (Å²) in [7, 11) is 0. The first kappa shape index (κ1) is 17.7. The van der Waals surface area contributed by atoms with E-state index in [1.54, 1.807) is 6.20 Å². The summed E-state index contributed by atoms with van der Waals surface area (Å²) in [5, 5.41) is 13.1. The van der Waals surface area contributed by atoms with Crippen LogP contribution in [0.25, 0.3) is 0 Å². The number of rotatable bonds is 5. The zero-order chi connectivity index (χ0) is 18.6. The van der Waals surface area contributed by atoms with Crippen LogP contribution in [0.3, 0.4) is 0 Å². The van der Waals surface area contributed by atoms with E-state index < -0.39 is 0 Å². The highest BCUT2D eigenvalue weighted by atomic mass is 16.3. The molecule has 2 N–H and O–H groups in total. The predicted molar refractivity (Wildman–Crippen MR) is 105 cm³/mol. The van der Waals surface area contributed by atoms with Gasteiger partial charge in [0.1, 0.15) is 5.82 Å². The number of carbonyl (C=O) groups excluding carboxylic acids is 1. The van der Waals surface area contributed by atoms with E-state index >= 15 is 0 Å². The van der Waals surface area contributed by atoms with Gasteiger partial charge < -0.3 is 20.2 Å². The third-order valence-electron chi connectivity index (χ3n) is 5.13. The first-order chi connectivity index (χ1) is 13.2. The molecule has 2 aliphatic heterocycles. The van der Waals surface area contributed by atoms with Gasteiger partial charge in [0.2, 0.25) is 11.9 Å². The van der Waals surface area contributed by atoms with Gasteiger partial charge in [-0.25, -0.2) is 4.98 Å². The Labute approximate surface area is 159 Å². The van der Waals surface area contributed by atoms with Gasteiger partial charge in [-0.2, -0.15) is 4.98 Å². The normalized spacial score (nSPS) is 20.2. The molecule has 0 radical (unpaired) electrons. The molecule has 1 amide bonds. The summed E-state index contributed by atoms with van der Waals surface area (Å²) >= 11 is 0. The summed E-state index contributed by atoms with van der Waals surface area (Å²) in [6.45, 7) is 2.94. The van der Waals surface area contributed by atoms with Crippen molar-refractivity contribution in [3.8, 4) is 0 Å². The van der Waals surface area contributed by atoms with Crippen LogP contribution in [0.5, 0.6) is 0 Å². The first-order valence-electron chi connectivity index (χ1n) is 9.58. The molecular formula is C20H25N5O2. The van der Waals surface area contributed by atoms with Crippen molar-refractivity contribution in [3.05, 3.63) is 42.1 Å². The van der Waals surface area contributed by atoms with Crippen molar-refractivity contribution in [2.75, 3.05) is 34.8 Å². The van der Waals surface area contributed by atoms with Crippen molar-refractivity contribution in [3.63, 3.8) is 0 Å². The monoisotopic (exact) mass is 367 g/mol. The zero-order valence-electron chi connectivity index (χ0n) is 15.3. The lowest BCUT2D eigenvalue weighted by molar-refractivity contribution is -0.117. The van der Waals surface area contributed by atoms with E-state index in [2.05, 4.69) is 20.2 Å². The molecule has 0 bridgehead atoms. The third-order valence-corrected chi connectivity index (χ3v) is 5.13. The molecule has 0 aliphatic carbocycles. The van der Waals surface area contributed by atoms with Crippen molar-refractivity contribution >= 4 is 23.4 Å². The van der Waals surface area contributed by atoms with Gasteiger partial charge in [0, 0.05) is 44.5 Å². The van der Waals surface area contributed by atoms with Gasteiger partial charge in [-0.1, -0.05) is 12.1 Å². The number of carbonyl (C=O) groups is 1. The molecule has 1 atom stereocenters. The fourth-order valence-corrected chi connectivity index (χ4v) is 3.67. The largest absolute Gasteiger partial charge is 0.391 e. The maximum atomic E-state index is 11.8. The Morgan fingerprint density at radius 1 is 1.15 bits per heavy atom. The van der Waals surface area contributed by atoms with Crippen LogP contribution >= 0.6 is 0 Å². The van der Waals surface area contributed by atoms with Crippen LogP contribution in [0.1, 0.15) is 31.2 Å². The molecule has 4 rings (SSSR count). The Kier molecular flexibility index (Phi) is 5.20. The quantitative estimate of drug-likeness (QED) is 0.843. The number of β-amino-alcohol motifs (C(OH)–C–C–N with tert-alkyl or cyclic N) is 1. The minimum absolute atomic E-state index is 0.203. The fourth-order valence-electron chi connectivity index (χ4n) is 3.67. The van der Waals surface area contributed by atoms with Crippen LogP contribution in [0.15, 0.2) is 36.5 Å². The van der Waals surface area contributed by atoms with E-state index in [4.69, 9.17) is 0 Å². The molecule has 2 fully saturated rings. The van der Waals surface area contributed by atoms with Crippen molar-refractivity contribution in [2.45, 2.75) is 38.3 Å². The van der Waals surface area contributed by atoms with Crippen LogP contribution in [-0.4, -0.2) is 46.7 Å². The molecule has 27 heavy (non-hydrogen) atoms. The molecule has 142 valence electrons. The van der Waals surface area contributed by atoms with Crippen LogP contribution in [-0.2, 0) is 11.3 Å². The minimum atomic E-state index is -0.286. The van der Waals surface area contributed by atoms with Gasteiger partial charge in [-0.3, -0.25) is 4.79 Å². The van der Waals surface area contributed by atoms with E-state index in [1.807, 2.05) is 35.2 Å². The van der Waals surface area contributed by atoms with Crippen LogP contribution in [0.2, 0.25) is 0 Å². The van der Waals surface area contributed by atoms with Gasteiger partial charge >= 0.3 is 0 Å². The Bertz CT molecular complexity index is 795. The summed E-state index contributed by atoms with van der Waals surface area (Å²) in [6, 6.07) is 9.92. The Morgan fingerprint density at radius 2 is 2.00 bits per heavy atom. The molecule has 7 nitrogen and oxygen atoms in total. The number of benzene rings is 1. The predicted octanol–water partition coefficient (Wildman–Crippen LogP) is 2.18. The van der Waals surface area contributed by atoms with Crippen molar-refractivity contribution in [2.24, 2.45) is 0 Å². The highest BCUT2D eigenvalue weighted by Gasteiger charge is 2.21. The molecular weight excluding hydrogens is 342 g/mol. The average molecular weight is 367 g/mol. The number of anilines is 3. The SMILES string of the molecule is O=C1CCCN1c1ccc(CNc2nccc(N3CCCC(O)C3)n2)cc1. The van der Waals surface area contributed by atoms with Crippen molar-refractivity contribution in [1.82, 2.24) is 9.97 Å². The number of aliphatic hydroxyl groups is 1. The van der Waals surface area contributed by atoms with Gasteiger partial charge in [0.25, 0.3) is 0 Å². The maximum Gasteiger partial charge on any atom is 0.227 e. The molecule has 1 aromatic carbocycles. The lowest BCUT2D eigenvalue weighted by Gasteiger charge is -2.31. The molecule has 3 heterocycles. The van der Waals surface area contributed by atoms with E-state index in [0.29, 0.717) is 25.5 Å². The second-order valence-electron chi connectivity index (χ2n) is 7.15. The van der Waals surface area contributed by atoms with Gasteiger partial charge in [0.05, 0.1) is 6.10 Å². The highest BCUT2D eigenvalue weighted by molar-refractivity contribution is 5.95. The molecule has 2 saturated heterocycles. The zero-order valence-corrected chi connectivity index (χ0v) is 15.3. The lowest BCUT2D eigenvalue weighted by atomic mass is 10.1. The maximum absolute atomic E-state index is 11.8. The van der Waals surface area contributed by atoms with Crippen LogP contribution in [0, 0.1) is 0 Å². The Morgan fingerprint density at radius 3 is 2.74 bits per heavy atom. The smallest absolute Gasteiger partial charge is 0.227 e. The van der Waals surface area contributed by atoms with Crippen LogP contribution in [0.4, 0.5) is 17.5 Å². The number of piperidine rings is 1. The van der Waals surface area contributed by atoms with E-state index in [9.17, 15) is 9.90 Å². The van der Waals surface area contributed by atoms with E-state index in [1.165, 1.54) is 0 Å². The van der Waals surface area contributed by atoms with Crippen molar-refractivity contribution in [1.29, 1.82) is 0 Å². The van der Waals surface area contributed by atoms with Crippen molar-refractivity contribution < 1.29 is 9.90 Å². The van der Waals surface area contributed by atoms with E-state index in [0.717, 1.165) is 49.4 Å². The number of nitrogens with zero attached hydrogens (tertiary/aromatic N) is 4. The number of aromatic nitrogens is 2. The summed E-state index contributed by atoms with van der Waals surface area (Å²) in [4.78, 5) is 24.6. The number of amides is 1. The number of nitrogens with one attached hydrogen (secondary N) is 1. The topological polar surface area (TPSA) is 81.6 Å². The third kappa shape index (κ3) is 4.19.